The minimum Gasteiger partial charge on any atom is -0.292 e. The van der Waals surface area contributed by atoms with E-state index in [1.165, 1.54) is 0 Å². The number of benzene rings is 1. The van der Waals surface area contributed by atoms with Crippen LogP contribution >= 0.6 is 12.6 Å². The zero-order valence-electron chi connectivity index (χ0n) is 9.50. The minimum atomic E-state index is -0.900. The zero-order chi connectivity index (χ0) is 12.3. The first-order chi connectivity index (χ1) is 8.12. The van der Waals surface area contributed by atoms with Crippen LogP contribution in [0.25, 0.3) is 0 Å². The summed E-state index contributed by atoms with van der Waals surface area (Å²) in [5.41, 5.74) is 1.31. The van der Waals surface area contributed by atoms with E-state index in [1.807, 2.05) is 36.4 Å². The number of hydrogen-bond acceptors (Lipinski definition) is 3. The SMILES string of the molecule is CC(S)(C(=O)c1ccccc1)c1ccccn1. The first-order valence-electron chi connectivity index (χ1n) is 5.36. The van der Waals surface area contributed by atoms with E-state index in [0.717, 1.165) is 0 Å². The van der Waals surface area contributed by atoms with Crippen molar-refractivity contribution in [2.45, 2.75) is 11.7 Å². The lowest BCUT2D eigenvalue weighted by molar-refractivity contribution is 0.0949. The smallest absolute Gasteiger partial charge is 0.184 e. The van der Waals surface area contributed by atoms with Gasteiger partial charge < -0.3 is 0 Å². The Morgan fingerprint density at radius 1 is 1.12 bits per heavy atom. The Kier molecular flexibility index (Phi) is 3.29. The average Bonchev–Trinajstić information content (AvgIpc) is 2.40. The molecule has 1 heterocycles. The van der Waals surface area contributed by atoms with E-state index < -0.39 is 4.75 Å². The van der Waals surface area contributed by atoms with Crippen LogP contribution in [0.3, 0.4) is 0 Å². The molecule has 1 unspecified atom stereocenters. The molecule has 0 aliphatic carbocycles. The van der Waals surface area contributed by atoms with Gasteiger partial charge in [-0.2, -0.15) is 12.6 Å². The van der Waals surface area contributed by atoms with Gasteiger partial charge in [0, 0.05) is 11.8 Å². The van der Waals surface area contributed by atoms with E-state index in [9.17, 15) is 4.79 Å². The number of hydrogen-bond donors (Lipinski definition) is 1. The summed E-state index contributed by atoms with van der Waals surface area (Å²) in [4.78, 5) is 16.6. The highest BCUT2D eigenvalue weighted by molar-refractivity contribution is 7.82. The molecule has 0 bridgehead atoms. The molecule has 0 amide bonds. The van der Waals surface area contributed by atoms with Crippen LogP contribution in [-0.4, -0.2) is 10.8 Å². The van der Waals surface area contributed by atoms with Crippen LogP contribution in [0, 0.1) is 0 Å². The molecule has 86 valence electrons. The third-order valence-electron chi connectivity index (χ3n) is 2.64. The lowest BCUT2D eigenvalue weighted by Crippen LogP contribution is -2.27. The summed E-state index contributed by atoms with van der Waals surface area (Å²) < 4.78 is -0.900. The molecule has 1 aromatic carbocycles. The number of ketones is 1. The van der Waals surface area contributed by atoms with Crippen molar-refractivity contribution in [3.8, 4) is 0 Å². The molecular formula is C14H13NOS. The van der Waals surface area contributed by atoms with Crippen molar-refractivity contribution in [1.29, 1.82) is 0 Å². The Balaban J connectivity index is 2.37. The second-order valence-corrected chi connectivity index (χ2v) is 4.88. The monoisotopic (exact) mass is 243 g/mol. The van der Waals surface area contributed by atoms with E-state index in [-0.39, 0.29) is 5.78 Å². The molecular weight excluding hydrogens is 230 g/mol. The summed E-state index contributed by atoms with van der Waals surface area (Å²) in [6.07, 6.45) is 1.67. The highest BCUT2D eigenvalue weighted by Crippen LogP contribution is 2.30. The molecule has 0 aliphatic rings. The lowest BCUT2D eigenvalue weighted by Gasteiger charge is -2.21. The molecule has 0 spiro atoms. The number of nitrogens with zero attached hydrogens (tertiary/aromatic N) is 1. The molecule has 0 aliphatic heterocycles. The molecule has 0 saturated heterocycles. The van der Waals surface area contributed by atoms with Crippen LogP contribution in [0.15, 0.2) is 54.7 Å². The van der Waals surface area contributed by atoms with Crippen molar-refractivity contribution in [2.75, 3.05) is 0 Å². The number of carbonyl (C=O) groups is 1. The summed E-state index contributed by atoms with van der Waals surface area (Å²) in [6.45, 7) is 1.77. The van der Waals surface area contributed by atoms with Gasteiger partial charge in [-0.05, 0) is 19.1 Å². The fourth-order valence-electron chi connectivity index (χ4n) is 1.64. The summed E-state index contributed by atoms with van der Waals surface area (Å²) in [5, 5.41) is 0. The third kappa shape index (κ3) is 2.39. The quantitative estimate of drug-likeness (QED) is 0.663. The second-order valence-electron chi connectivity index (χ2n) is 3.98. The summed E-state index contributed by atoms with van der Waals surface area (Å²) in [7, 11) is 0. The van der Waals surface area contributed by atoms with Crippen molar-refractivity contribution >= 4 is 18.4 Å². The molecule has 2 rings (SSSR count). The van der Waals surface area contributed by atoms with E-state index in [4.69, 9.17) is 0 Å². The molecule has 0 radical (unpaired) electrons. The average molecular weight is 243 g/mol. The first-order valence-corrected chi connectivity index (χ1v) is 5.81. The standard InChI is InChI=1S/C14H13NOS/c1-14(17,12-9-5-6-10-15-12)13(16)11-7-3-2-4-8-11/h2-10,17H,1H3. The Morgan fingerprint density at radius 2 is 1.76 bits per heavy atom. The molecule has 2 nitrogen and oxygen atoms in total. The van der Waals surface area contributed by atoms with E-state index in [0.29, 0.717) is 11.3 Å². The maximum absolute atomic E-state index is 12.4. The van der Waals surface area contributed by atoms with Gasteiger partial charge in [-0.1, -0.05) is 36.4 Å². The van der Waals surface area contributed by atoms with E-state index in [2.05, 4.69) is 17.6 Å². The molecule has 3 heteroatoms. The van der Waals surface area contributed by atoms with Crippen LogP contribution in [-0.2, 0) is 4.75 Å². The van der Waals surface area contributed by atoms with E-state index >= 15 is 0 Å². The van der Waals surface area contributed by atoms with Crippen LogP contribution in [0.1, 0.15) is 23.0 Å². The maximum atomic E-state index is 12.4. The lowest BCUT2D eigenvalue weighted by atomic mass is 9.95. The van der Waals surface area contributed by atoms with Crippen molar-refractivity contribution in [1.82, 2.24) is 4.98 Å². The number of pyridine rings is 1. The largest absolute Gasteiger partial charge is 0.292 e. The predicted molar refractivity (Wildman–Crippen MR) is 71.3 cm³/mol. The molecule has 2 aromatic rings. The minimum absolute atomic E-state index is 0.0415. The number of aromatic nitrogens is 1. The van der Waals surface area contributed by atoms with Crippen molar-refractivity contribution in [3.63, 3.8) is 0 Å². The Bertz CT molecular complexity index is 508. The summed E-state index contributed by atoms with van der Waals surface area (Å²) >= 11 is 4.47. The first kappa shape index (κ1) is 11.9. The normalized spacial score (nSPS) is 14.0. The second kappa shape index (κ2) is 4.72. The molecule has 0 fully saturated rings. The van der Waals surface area contributed by atoms with Gasteiger partial charge >= 0.3 is 0 Å². The van der Waals surface area contributed by atoms with Crippen LogP contribution in [0.4, 0.5) is 0 Å². The maximum Gasteiger partial charge on any atom is 0.184 e. The van der Waals surface area contributed by atoms with Crippen LogP contribution in [0.5, 0.6) is 0 Å². The fraction of sp³-hybridized carbons (Fsp3) is 0.143. The van der Waals surface area contributed by atoms with Crippen molar-refractivity contribution in [3.05, 3.63) is 66.0 Å². The van der Waals surface area contributed by atoms with Gasteiger partial charge in [0.05, 0.1) is 5.69 Å². The summed E-state index contributed by atoms with van der Waals surface area (Å²) in [5.74, 6) is -0.0415. The highest BCUT2D eigenvalue weighted by atomic mass is 32.1. The molecule has 0 saturated carbocycles. The zero-order valence-corrected chi connectivity index (χ0v) is 10.4. The van der Waals surface area contributed by atoms with Gasteiger partial charge in [0.1, 0.15) is 4.75 Å². The van der Waals surface area contributed by atoms with Gasteiger partial charge in [-0.25, -0.2) is 0 Å². The van der Waals surface area contributed by atoms with Crippen molar-refractivity contribution < 1.29 is 4.79 Å². The molecule has 1 aromatic heterocycles. The van der Waals surface area contributed by atoms with Gasteiger partial charge in [0.15, 0.2) is 5.78 Å². The Morgan fingerprint density at radius 3 is 2.35 bits per heavy atom. The van der Waals surface area contributed by atoms with Crippen LogP contribution < -0.4 is 0 Å². The number of carbonyl (C=O) groups excluding carboxylic acids is 1. The number of Topliss-reactive ketones (excluding diaryl/α,β-unsaturated/α-hetero) is 1. The molecule has 1 atom stereocenters. The highest BCUT2D eigenvalue weighted by Gasteiger charge is 2.32. The predicted octanol–water partition coefficient (Wildman–Crippen LogP) is 3.11. The van der Waals surface area contributed by atoms with Crippen LogP contribution in [0.2, 0.25) is 0 Å². The fourth-order valence-corrected chi connectivity index (χ4v) is 1.90. The molecule has 0 N–H and O–H groups in total. The number of rotatable bonds is 3. The molecule has 17 heavy (non-hydrogen) atoms. The summed E-state index contributed by atoms with van der Waals surface area (Å²) in [6, 6.07) is 14.6. The topological polar surface area (TPSA) is 30.0 Å². The Labute approximate surface area is 106 Å². The van der Waals surface area contributed by atoms with Gasteiger partial charge in [0.2, 0.25) is 0 Å². The third-order valence-corrected chi connectivity index (χ3v) is 3.07. The number of thiol groups is 1. The van der Waals surface area contributed by atoms with Crippen molar-refractivity contribution in [2.24, 2.45) is 0 Å². The van der Waals surface area contributed by atoms with Gasteiger partial charge in [0.25, 0.3) is 0 Å². The van der Waals surface area contributed by atoms with Gasteiger partial charge in [-0.15, -0.1) is 0 Å². The van der Waals surface area contributed by atoms with Gasteiger partial charge in [-0.3, -0.25) is 9.78 Å². The Hall–Kier alpha value is -1.61. The van der Waals surface area contributed by atoms with E-state index in [1.54, 1.807) is 25.3 Å².